The van der Waals surface area contributed by atoms with Gasteiger partial charge in [0.2, 0.25) is 17.7 Å². The van der Waals surface area contributed by atoms with Crippen molar-refractivity contribution in [1.82, 2.24) is 20.5 Å². The largest absolute Gasteiger partial charge is 0.460 e. The molecule has 11 nitrogen and oxygen atoms in total. The molecule has 0 bridgehead atoms. The van der Waals surface area contributed by atoms with E-state index in [1.165, 1.54) is 0 Å². The predicted molar refractivity (Wildman–Crippen MR) is 126 cm³/mol. The number of aromatic nitrogens is 1. The van der Waals surface area contributed by atoms with Crippen LogP contribution in [0.25, 0.3) is 0 Å². The molecular weight excluding hydrogens is 456 g/mol. The molecule has 1 aromatic rings. The van der Waals surface area contributed by atoms with Crippen LogP contribution in [-0.4, -0.2) is 85.7 Å². The van der Waals surface area contributed by atoms with Crippen LogP contribution in [0.2, 0.25) is 0 Å². The Morgan fingerprint density at radius 3 is 2.49 bits per heavy atom. The predicted octanol–water partition coefficient (Wildman–Crippen LogP) is 0.598. The Morgan fingerprint density at radius 1 is 1.11 bits per heavy atom. The molecule has 2 rings (SSSR count). The molecule has 3 amide bonds. The topological polar surface area (TPSA) is 136 Å². The SMILES string of the molecule is CN1C(=O)C[C@H](C(=O)NCC(=O)NCCOCCOCCC(=O)OC(C)(C)C)[C@H]1c1cccnc1. The zero-order chi connectivity index (χ0) is 25.8. The van der Waals surface area contributed by atoms with Gasteiger partial charge in [0.05, 0.1) is 51.4 Å². The van der Waals surface area contributed by atoms with Gasteiger partial charge in [0.1, 0.15) is 5.60 Å². The minimum Gasteiger partial charge on any atom is -0.460 e. The van der Waals surface area contributed by atoms with Gasteiger partial charge >= 0.3 is 5.97 Å². The van der Waals surface area contributed by atoms with Crippen molar-refractivity contribution in [1.29, 1.82) is 0 Å². The molecule has 0 aromatic carbocycles. The maximum atomic E-state index is 12.7. The number of ether oxygens (including phenoxy) is 3. The van der Waals surface area contributed by atoms with Gasteiger partial charge in [0.25, 0.3) is 0 Å². The van der Waals surface area contributed by atoms with Crippen LogP contribution in [0.5, 0.6) is 0 Å². The molecule has 0 unspecified atom stereocenters. The molecular formula is C24H36N4O7. The van der Waals surface area contributed by atoms with Crippen molar-refractivity contribution in [3.63, 3.8) is 0 Å². The lowest BCUT2D eigenvalue weighted by Gasteiger charge is -2.24. The highest BCUT2D eigenvalue weighted by molar-refractivity contribution is 5.92. The Bertz CT molecular complexity index is 857. The number of esters is 1. The summed E-state index contributed by atoms with van der Waals surface area (Å²) in [6.07, 6.45) is 3.52. The Morgan fingerprint density at radius 2 is 1.83 bits per heavy atom. The molecule has 0 spiro atoms. The van der Waals surface area contributed by atoms with Crippen LogP contribution in [0.4, 0.5) is 0 Å². The molecule has 1 fully saturated rings. The molecule has 2 N–H and O–H groups in total. The van der Waals surface area contributed by atoms with E-state index < -0.39 is 17.6 Å². The fraction of sp³-hybridized carbons (Fsp3) is 0.625. The maximum absolute atomic E-state index is 12.7. The summed E-state index contributed by atoms with van der Waals surface area (Å²) in [5.41, 5.74) is 0.263. The van der Waals surface area contributed by atoms with E-state index in [-0.39, 0.29) is 62.8 Å². The van der Waals surface area contributed by atoms with Gasteiger partial charge in [0, 0.05) is 32.4 Å². The van der Waals surface area contributed by atoms with Crippen molar-refractivity contribution >= 4 is 23.7 Å². The lowest BCUT2D eigenvalue weighted by Crippen LogP contribution is -2.41. The molecule has 2 atom stereocenters. The Labute approximate surface area is 205 Å². The van der Waals surface area contributed by atoms with Crippen LogP contribution in [0.3, 0.4) is 0 Å². The number of hydrogen-bond donors (Lipinski definition) is 2. The summed E-state index contributed by atoms with van der Waals surface area (Å²) in [6.45, 7) is 6.67. The van der Waals surface area contributed by atoms with Gasteiger partial charge in [-0.05, 0) is 32.4 Å². The van der Waals surface area contributed by atoms with E-state index in [0.29, 0.717) is 13.2 Å². The van der Waals surface area contributed by atoms with Crippen molar-refractivity contribution in [2.45, 2.75) is 45.3 Å². The molecule has 2 heterocycles. The number of amides is 3. The molecule has 1 aliphatic heterocycles. The van der Waals surface area contributed by atoms with Crippen LogP contribution in [0.1, 0.15) is 45.2 Å². The first kappa shape index (κ1) is 28.2. The lowest BCUT2D eigenvalue weighted by molar-refractivity contribution is -0.156. The highest BCUT2D eigenvalue weighted by Crippen LogP contribution is 2.36. The molecule has 1 aliphatic rings. The number of hydrogen-bond acceptors (Lipinski definition) is 8. The van der Waals surface area contributed by atoms with Crippen LogP contribution < -0.4 is 10.6 Å². The van der Waals surface area contributed by atoms with E-state index in [2.05, 4.69) is 15.6 Å². The number of pyridine rings is 1. The number of nitrogens with zero attached hydrogens (tertiary/aromatic N) is 2. The number of carbonyl (C=O) groups excluding carboxylic acids is 4. The van der Waals surface area contributed by atoms with Gasteiger partial charge in [0.15, 0.2) is 0 Å². The van der Waals surface area contributed by atoms with Crippen molar-refractivity contribution in [3.05, 3.63) is 30.1 Å². The number of carbonyl (C=O) groups is 4. The second kappa shape index (κ2) is 13.7. The van der Waals surface area contributed by atoms with E-state index in [0.717, 1.165) is 5.56 Å². The van der Waals surface area contributed by atoms with E-state index >= 15 is 0 Å². The van der Waals surface area contributed by atoms with Crippen LogP contribution >= 0.6 is 0 Å². The summed E-state index contributed by atoms with van der Waals surface area (Å²) in [6, 6.07) is 3.16. The van der Waals surface area contributed by atoms with Crippen LogP contribution in [0, 0.1) is 5.92 Å². The molecule has 0 radical (unpaired) electrons. The van der Waals surface area contributed by atoms with Crippen molar-refractivity contribution < 1.29 is 33.4 Å². The third kappa shape index (κ3) is 9.99. The second-order valence-electron chi connectivity index (χ2n) is 9.18. The van der Waals surface area contributed by atoms with Crippen molar-refractivity contribution in [3.8, 4) is 0 Å². The number of rotatable bonds is 13. The molecule has 0 aliphatic carbocycles. The fourth-order valence-corrected chi connectivity index (χ4v) is 3.61. The fourth-order valence-electron chi connectivity index (χ4n) is 3.61. The first-order valence-electron chi connectivity index (χ1n) is 11.7. The zero-order valence-electron chi connectivity index (χ0n) is 20.9. The normalized spacial score (nSPS) is 17.8. The third-order valence-electron chi connectivity index (χ3n) is 5.18. The molecule has 11 heteroatoms. The highest BCUT2D eigenvalue weighted by atomic mass is 16.6. The molecule has 0 saturated carbocycles. The summed E-state index contributed by atoms with van der Waals surface area (Å²) in [7, 11) is 1.66. The molecule has 194 valence electrons. The molecule has 35 heavy (non-hydrogen) atoms. The molecule has 1 aromatic heterocycles. The van der Waals surface area contributed by atoms with Gasteiger partial charge in [-0.25, -0.2) is 0 Å². The average Bonchev–Trinajstić information content (AvgIpc) is 3.10. The average molecular weight is 493 g/mol. The molecule has 1 saturated heterocycles. The Hall–Kier alpha value is -3.05. The Balaban J connectivity index is 1.57. The van der Waals surface area contributed by atoms with Gasteiger partial charge in [-0.1, -0.05) is 6.07 Å². The first-order valence-corrected chi connectivity index (χ1v) is 11.7. The first-order chi connectivity index (χ1) is 16.6. The summed E-state index contributed by atoms with van der Waals surface area (Å²) in [5.74, 6) is -1.75. The zero-order valence-corrected chi connectivity index (χ0v) is 20.9. The number of likely N-dealkylation sites (tertiary alicyclic amines) is 1. The van der Waals surface area contributed by atoms with E-state index in [9.17, 15) is 19.2 Å². The van der Waals surface area contributed by atoms with Gasteiger partial charge in [-0.2, -0.15) is 0 Å². The third-order valence-corrected chi connectivity index (χ3v) is 5.18. The van der Waals surface area contributed by atoms with Gasteiger partial charge in [-0.15, -0.1) is 0 Å². The lowest BCUT2D eigenvalue weighted by atomic mass is 9.94. The van der Waals surface area contributed by atoms with E-state index in [1.807, 2.05) is 26.8 Å². The van der Waals surface area contributed by atoms with Crippen LogP contribution in [-0.2, 0) is 33.4 Å². The maximum Gasteiger partial charge on any atom is 0.308 e. The minimum absolute atomic E-state index is 0.0806. The summed E-state index contributed by atoms with van der Waals surface area (Å²) < 4.78 is 15.9. The van der Waals surface area contributed by atoms with Crippen molar-refractivity contribution in [2.75, 3.05) is 46.6 Å². The Kier molecular flexibility index (Phi) is 11.1. The summed E-state index contributed by atoms with van der Waals surface area (Å²) in [5, 5.41) is 5.27. The van der Waals surface area contributed by atoms with Crippen molar-refractivity contribution in [2.24, 2.45) is 5.92 Å². The smallest absolute Gasteiger partial charge is 0.308 e. The van der Waals surface area contributed by atoms with E-state index in [1.54, 1.807) is 30.4 Å². The summed E-state index contributed by atoms with van der Waals surface area (Å²) >= 11 is 0. The summed E-state index contributed by atoms with van der Waals surface area (Å²) in [4.78, 5) is 54.1. The highest BCUT2D eigenvalue weighted by Gasteiger charge is 2.42. The quantitative estimate of drug-likeness (QED) is 0.302. The standard InChI is InChI=1S/C24H36N4O7/c1-24(2,3)35-21(31)7-10-33-12-13-34-11-9-26-19(29)16-27-23(32)18-14-20(30)28(4)22(18)17-6-5-8-25-15-17/h5-6,8,15,18,22H,7,9-14,16H2,1-4H3,(H,26,29)(H,27,32)/t18-,22+/m0/s1. The monoisotopic (exact) mass is 492 g/mol. The second-order valence-corrected chi connectivity index (χ2v) is 9.18. The van der Waals surface area contributed by atoms with Gasteiger partial charge in [-0.3, -0.25) is 24.2 Å². The minimum atomic E-state index is -0.594. The number of nitrogens with one attached hydrogen (secondary N) is 2. The van der Waals surface area contributed by atoms with Crippen LogP contribution in [0.15, 0.2) is 24.5 Å². The van der Waals surface area contributed by atoms with E-state index in [4.69, 9.17) is 14.2 Å². The van der Waals surface area contributed by atoms with Gasteiger partial charge < -0.3 is 29.7 Å².